The van der Waals surface area contributed by atoms with Crippen molar-refractivity contribution in [2.45, 2.75) is 96.7 Å². The Morgan fingerprint density at radius 3 is 2.46 bits per heavy atom. The molecule has 0 radical (unpaired) electrons. The standard InChI is InChI=1S/C30H38ClN5O9S3/c31-18-13-20-25(15-24(18)47(32,42)43)48(44,45)35-26(33-20)14-23(46)27(34-19(29(38)39)11-10-16-6-2-1-3-7-16)28(37)36-21-9-5-4-8-17(21)12-22(36)30(40)41/h1-3,6-7,13,15,17,19,21-23,26-27,33-35,46H,4-5,8-12,14H2,(H,38,39)(H,40,41)(H2,32,42,43)/t17-,19+,21-,22+,23+,26-,27?/m1/s1. The maximum absolute atomic E-state index is 14.4. The van der Waals surface area contributed by atoms with E-state index in [0.29, 0.717) is 12.8 Å². The maximum Gasteiger partial charge on any atom is 0.326 e. The van der Waals surface area contributed by atoms with Gasteiger partial charge in [0.05, 0.1) is 22.9 Å². The first kappa shape index (κ1) is 36.4. The van der Waals surface area contributed by atoms with E-state index in [4.69, 9.17) is 29.4 Å². The number of sulfonamides is 2. The van der Waals surface area contributed by atoms with E-state index < -0.39 is 77.2 Å². The summed E-state index contributed by atoms with van der Waals surface area (Å²) in [6.07, 6.45) is 2.62. The van der Waals surface area contributed by atoms with E-state index in [9.17, 15) is 41.4 Å². The highest BCUT2D eigenvalue weighted by Gasteiger charge is 2.50. The van der Waals surface area contributed by atoms with Crippen LogP contribution in [0.3, 0.4) is 0 Å². The van der Waals surface area contributed by atoms with E-state index in [1.165, 1.54) is 4.90 Å². The molecule has 1 saturated heterocycles. The van der Waals surface area contributed by atoms with E-state index in [0.717, 1.165) is 37.0 Å². The third-order valence-corrected chi connectivity index (χ3v) is 12.7. The predicted octanol–water partition coefficient (Wildman–Crippen LogP) is 1.99. The lowest BCUT2D eigenvalue weighted by Crippen LogP contribution is -2.60. The average Bonchev–Trinajstić information content (AvgIpc) is 3.40. The minimum Gasteiger partial charge on any atom is -0.480 e. The molecule has 0 spiro atoms. The number of nitrogens with two attached hydrogens (primary N) is 1. The zero-order chi connectivity index (χ0) is 35.0. The lowest BCUT2D eigenvalue weighted by Gasteiger charge is -2.38. The summed E-state index contributed by atoms with van der Waals surface area (Å²) in [5, 5.41) is 30.0. The molecule has 2 heterocycles. The minimum atomic E-state index is -4.34. The van der Waals surface area contributed by atoms with Gasteiger partial charge in [-0.3, -0.25) is 14.9 Å². The molecular formula is C30H38ClN5O9S3. The summed E-state index contributed by atoms with van der Waals surface area (Å²) in [5.41, 5.74) is 0.865. The van der Waals surface area contributed by atoms with Crippen LogP contribution in [0, 0.1) is 5.92 Å². The van der Waals surface area contributed by atoms with Crippen LogP contribution in [0.25, 0.3) is 0 Å². The largest absolute Gasteiger partial charge is 0.480 e. The van der Waals surface area contributed by atoms with E-state index >= 15 is 0 Å². The normalized spacial score (nSPS) is 25.2. The van der Waals surface area contributed by atoms with E-state index in [-0.39, 0.29) is 41.9 Å². The number of fused-ring (bicyclic) bond motifs is 2. The number of benzene rings is 2. The van der Waals surface area contributed by atoms with Crippen molar-refractivity contribution < 1.29 is 41.4 Å². The summed E-state index contributed by atoms with van der Waals surface area (Å²) in [5.74, 6) is -3.00. The molecule has 1 saturated carbocycles. The molecular weight excluding hydrogens is 706 g/mol. The number of carbonyl (C=O) groups excluding carboxylic acids is 1. The van der Waals surface area contributed by atoms with Crippen LogP contribution in [-0.4, -0.2) is 85.4 Å². The molecule has 14 nitrogen and oxygen atoms in total. The van der Waals surface area contributed by atoms with Crippen molar-refractivity contribution in [3.8, 4) is 0 Å². The SMILES string of the molecule is NS(=O)(=O)c1cc2c(cc1Cl)N[C@@H](C[C@H](S)C(N[C@@H](CCc1ccccc1)C(=O)O)C(=O)N1[C@@H]3CCCC[C@@H]3C[C@H]1C(=O)O)NS2(=O)=O. The fourth-order valence-electron chi connectivity index (χ4n) is 7.00. The van der Waals surface area contributed by atoms with Crippen molar-refractivity contribution in [1.82, 2.24) is 14.9 Å². The van der Waals surface area contributed by atoms with Gasteiger partial charge in [0, 0.05) is 11.3 Å². The highest BCUT2D eigenvalue weighted by Crippen LogP contribution is 2.41. The second kappa shape index (κ2) is 14.5. The summed E-state index contributed by atoms with van der Waals surface area (Å²) >= 11 is 10.8. The van der Waals surface area contributed by atoms with Crippen molar-refractivity contribution in [2.75, 3.05) is 5.32 Å². The fourth-order valence-corrected chi connectivity index (χ4v) is 9.93. The molecule has 7 N–H and O–H groups in total. The number of amides is 1. The quantitative estimate of drug-likeness (QED) is 0.156. The number of nitrogens with zero attached hydrogens (tertiary/aromatic N) is 1. The molecule has 2 aromatic rings. The second-order valence-corrected chi connectivity index (χ2v) is 16.7. The zero-order valence-corrected chi connectivity index (χ0v) is 28.9. The van der Waals surface area contributed by atoms with Crippen molar-refractivity contribution in [2.24, 2.45) is 11.1 Å². The Bertz CT molecular complexity index is 1780. The number of thiol groups is 1. The highest BCUT2D eigenvalue weighted by molar-refractivity contribution is 7.90. The Balaban J connectivity index is 1.44. The maximum atomic E-state index is 14.4. The predicted molar refractivity (Wildman–Crippen MR) is 180 cm³/mol. The first-order valence-corrected chi connectivity index (χ1v) is 19.4. The first-order valence-electron chi connectivity index (χ1n) is 15.5. The molecule has 1 unspecified atom stereocenters. The second-order valence-electron chi connectivity index (χ2n) is 12.5. The summed E-state index contributed by atoms with van der Waals surface area (Å²) in [6, 6.07) is 7.16. The van der Waals surface area contributed by atoms with Gasteiger partial charge in [0.2, 0.25) is 26.0 Å². The van der Waals surface area contributed by atoms with Crippen LogP contribution >= 0.6 is 24.2 Å². The molecule has 48 heavy (non-hydrogen) atoms. The van der Waals surface area contributed by atoms with Gasteiger partial charge in [0.25, 0.3) is 0 Å². The van der Waals surface area contributed by atoms with Gasteiger partial charge in [-0.2, -0.15) is 17.4 Å². The number of carbonyl (C=O) groups is 3. The number of carboxylic acids is 2. The Labute approximate surface area is 289 Å². The Kier molecular flexibility index (Phi) is 11.0. The number of aryl methyl sites for hydroxylation is 1. The number of likely N-dealkylation sites (tertiary alicyclic amines) is 1. The summed E-state index contributed by atoms with van der Waals surface area (Å²) in [4.78, 5) is 39.7. The van der Waals surface area contributed by atoms with E-state index in [2.05, 4.69) is 15.4 Å². The van der Waals surface area contributed by atoms with Crippen molar-refractivity contribution >= 4 is 67.8 Å². The lowest BCUT2D eigenvalue weighted by atomic mass is 9.84. The molecule has 0 bridgehead atoms. The van der Waals surface area contributed by atoms with Crippen LogP contribution in [0.4, 0.5) is 5.69 Å². The molecule has 5 rings (SSSR count). The molecule has 0 aromatic heterocycles. The van der Waals surface area contributed by atoms with Gasteiger partial charge in [-0.25, -0.2) is 26.8 Å². The average molecular weight is 744 g/mol. The number of halogens is 1. The van der Waals surface area contributed by atoms with Crippen LogP contribution in [0.1, 0.15) is 50.5 Å². The number of aliphatic carboxylic acids is 2. The van der Waals surface area contributed by atoms with Crippen molar-refractivity contribution in [3.05, 3.63) is 53.1 Å². The summed E-state index contributed by atoms with van der Waals surface area (Å²) < 4.78 is 52.8. The Morgan fingerprint density at radius 2 is 1.81 bits per heavy atom. The Morgan fingerprint density at radius 1 is 1.12 bits per heavy atom. The third kappa shape index (κ3) is 7.93. The van der Waals surface area contributed by atoms with Crippen LogP contribution in [0.5, 0.6) is 0 Å². The molecule has 3 aliphatic rings. The number of nitrogens with one attached hydrogen (secondary N) is 3. The van der Waals surface area contributed by atoms with Crippen LogP contribution in [0.15, 0.2) is 52.3 Å². The Hall–Kier alpha value is -2.93. The molecule has 7 atom stereocenters. The van der Waals surface area contributed by atoms with Crippen molar-refractivity contribution in [3.63, 3.8) is 0 Å². The van der Waals surface area contributed by atoms with E-state index in [1.807, 2.05) is 30.3 Å². The summed E-state index contributed by atoms with van der Waals surface area (Å²) in [6.45, 7) is 0. The van der Waals surface area contributed by atoms with Crippen LogP contribution in [-0.2, 0) is 40.9 Å². The molecule has 1 amide bonds. The van der Waals surface area contributed by atoms with Gasteiger partial charge in [0.15, 0.2) is 0 Å². The van der Waals surface area contributed by atoms with E-state index in [1.54, 1.807) is 0 Å². The van der Waals surface area contributed by atoms with Crippen molar-refractivity contribution in [1.29, 1.82) is 0 Å². The molecule has 1 aliphatic carbocycles. The number of hydrogen-bond donors (Lipinski definition) is 7. The number of primary sulfonamides is 1. The molecule has 2 fully saturated rings. The number of hydrogen-bond acceptors (Lipinski definition) is 10. The minimum absolute atomic E-state index is 0.00790. The molecule has 18 heteroatoms. The fraction of sp³-hybridized carbons (Fsp3) is 0.500. The van der Waals surface area contributed by atoms with Gasteiger partial charge in [-0.1, -0.05) is 54.8 Å². The number of anilines is 1. The monoisotopic (exact) mass is 743 g/mol. The van der Waals surface area contributed by atoms with Gasteiger partial charge < -0.3 is 20.4 Å². The first-order chi connectivity index (χ1) is 22.6. The third-order valence-electron chi connectivity index (χ3n) is 9.26. The topological polar surface area (TPSA) is 225 Å². The highest BCUT2D eigenvalue weighted by atomic mass is 35.5. The van der Waals surface area contributed by atoms with Gasteiger partial charge in [-0.05, 0) is 62.1 Å². The molecule has 262 valence electrons. The van der Waals surface area contributed by atoms with Gasteiger partial charge in [-0.15, -0.1) is 0 Å². The molecule has 2 aliphatic heterocycles. The molecule has 2 aromatic carbocycles. The van der Waals surface area contributed by atoms with Gasteiger partial charge >= 0.3 is 11.9 Å². The number of rotatable bonds is 12. The van der Waals surface area contributed by atoms with Crippen LogP contribution < -0.4 is 20.5 Å². The van der Waals surface area contributed by atoms with Gasteiger partial charge in [0.1, 0.15) is 21.9 Å². The summed E-state index contributed by atoms with van der Waals surface area (Å²) in [7, 11) is -8.67. The smallest absolute Gasteiger partial charge is 0.326 e. The van der Waals surface area contributed by atoms with Crippen LogP contribution in [0.2, 0.25) is 5.02 Å². The number of carboxylic acid groups (broad SMARTS) is 2. The zero-order valence-electron chi connectivity index (χ0n) is 25.7. The lowest BCUT2D eigenvalue weighted by molar-refractivity contribution is -0.151.